The molecule has 0 saturated carbocycles. The number of carbonyl (C=O) groups is 1. The predicted molar refractivity (Wildman–Crippen MR) is 106 cm³/mol. The first kappa shape index (κ1) is 19.1. The van der Waals surface area contributed by atoms with E-state index in [1.165, 1.54) is 16.4 Å². The number of hydrogen-bond donors (Lipinski definition) is 1. The fourth-order valence-electron chi connectivity index (χ4n) is 2.93. The number of aryl methyl sites for hydroxylation is 1. The van der Waals surface area contributed by atoms with E-state index >= 15 is 0 Å². The van der Waals surface area contributed by atoms with Gasteiger partial charge in [0.2, 0.25) is 10.0 Å². The van der Waals surface area contributed by atoms with Gasteiger partial charge in [0, 0.05) is 23.2 Å². The van der Waals surface area contributed by atoms with Crippen molar-refractivity contribution in [2.45, 2.75) is 31.1 Å². The summed E-state index contributed by atoms with van der Waals surface area (Å²) in [6.07, 6.45) is 2.80. The van der Waals surface area contributed by atoms with Gasteiger partial charge in [-0.2, -0.15) is 4.31 Å². The number of hydrogen-bond acceptors (Lipinski definition) is 3. The van der Waals surface area contributed by atoms with Crippen molar-refractivity contribution in [3.63, 3.8) is 0 Å². The lowest BCUT2D eigenvalue weighted by Gasteiger charge is -2.26. The third-order valence-corrected chi connectivity index (χ3v) is 7.03. The van der Waals surface area contributed by atoms with Crippen molar-refractivity contribution in [2.75, 3.05) is 18.4 Å². The smallest absolute Gasteiger partial charge is 0.256 e. The molecule has 0 unspecified atom stereocenters. The SMILES string of the molecule is Cc1ccc(NC(=O)c2cc(S(=O)(=O)N3CCCCC3)ccc2Br)cc1. The molecule has 1 saturated heterocycles. The topological polar surface area (TPSA) is 66.5 Å². The van der Waals surface area contributed by atoms with E-state index in [2.05, 4.69) is 21.2 Å². The number of sulfonamides is 1. The Balaban J connectivity index is 1.87. The van der Waals surface area contributed by atoms with Crippen molar-refractivity contribution in [3.05, 3.63) is 58.1 Å². The van der Waals surface area contributed by atoms with Gasteiger partial charge in [-0.3, -0.25) is 4.79 Å². The third-order valence-electron chi connectivity index (χ3n) is 4.44. The quantitative estimate of drug-likeness (QED) is 0.781. The van der Waals surface area contributed by atoms with Gasteiger partial charge in [0.25, 0.3) is 5.91 Å². The second-order valence-electron chi connectivity index (χ2n) is 6.43. The van der Waals surface area contributed by atoms with Gasteiger partial charge < -0.3 is 5.32 Å². The van der Waals surface area contributed by atoms with Crippen molar-refractivity contribution in [3.8, 4) is 0 Å². The summed E-state index contributed by atoms with van der Waals surface area (Å²) in [6, 6.07) is 12.0. The van der Waals surface area contributed by atoms with Gasteiger partial charge in [-0.05, 0) is 66.0 Å². The molecule has 1 N–H and O–H groups in total. The number of benzene rings is 2. The molecule has 1 fully saturated rings. The molecule has 1 aliphatic rings. The highest BCUT2D eigenvalue weighted by Gasteiger charge is 2.27. The first-order chi connectivity index (χ1) is 12.4. The van der Waals surface area contributed by atoms with Crippen LogP contribution in [0, 0.1) is 6.92 Å². The average Bonchev–Trinajstić information content (AvgIpc) is 2.64. The molecule has 7 heteroatoms. The molecule has 0 aliphatic carbocycles. The van der Waals surface area contributed by atoms with Crippen LogP contribution in [0.15, 0.2) is 51.8 Å². The molecule has 2 aromatic rings. The molecule has 1 aliphatic heterocycles. The number of anilines is 1. The molecule has 3 rings (SSSR count). The summed E-state index contributed by atoms with van der Waals surface area (Å²) in [5, 5.41) is 2.81. The lowest BCUT2D eigenvalue weighted by molar-refractivity contribution is 0.102. The molecule has 0 radical (unpaired) electrons. The van der Waals surface area contributed by atoms with Gasteiger partial charge in [0.15, 0.2) is 0 Å². The summed E-state index contributed by atoms with van der Waals surface area (Å²) in [4.78, 5) is 12.8. The van der Waals surface area contributed by atoms with E-state index < -0.39 is 10.0 Å². The largest absolute Gasteiger partial charge is 0.322 e. The first-order valence-corrected chi connectivity index (χ1v) is 10.8. The summed E-state index contributed by atoms with van der Waals surface area (Å²) in [5.41, 5.74) is 2.05. The van der Waals surface area contributed by atoms with Crippen LogP contribution in [0.1, 0.15) is 35.2 Å². The molecular weight excluding hydrogens is 416 g/mol. The minimum absolute atomic E-state index is 0.150. The van der Waals surface area contributed by atoms with Crippen LogP contribution in [0.25, 0.3) is 0 Å². The van der Waals surface area contributed by atoms with Gasteiger partial charge in [-0.1, -0.05) is 24.1 Å². The average molecular weight is 437 g/mol. The molecule has 0 aromatic heterocycles. The summed E-state index contributed by atoms with van der Waals surface area (Å²) in [7, 11) is -3.58. The fourth-order valence-corrected chi connectivity index (χ4v) is 4.90. The monoisotopic (exact) mass is 436 g/mol. The molecule has 0 atom stereocenters. The molecule has 26 heavy (non-hydrogen) atoms. The number of nitrogens with one attached hydrogen (secondary N) is 1. The Morgan fingerprint density at radius 1 is 1.04 bits per heavy atom. The van der Waals surface area contributed by atoms with E-state index in [9.17, 15) is 13.2 Å². The predicted octanol–water partition coefficient (Wildman–Crippen LogP) is 4.18. The van der Waals surface area contributed by atoms with Gasteiger partial charge in [0.1, 0.15) is 0 Å². The maximum atomic E-state index is 12.8. The van der Waals surface area contributed by atoms with Crippen LogP contribution < -0.4 is 5.32 Å². The Hall–Kier alpha value is -1.70. The second kappa shape index (κ2) is 7.90. The Labute approximate surface area is 162 Å². The number of nitrogens with zero attached hydrogens (tertiary/aromatic N) is 1. The van der Waals surface area contributed by atoms with Crippen LogP contribution in [0.3, 0.4) is 0 Å². The zero-order chi connectivity index (χ0) is 18.7. The van der Waals surface area contributed by atoms with E-state index in [0.29, 0.717) is 28.8 Å². The molecule has 1 heterocycles. The lowest BCUT2D eigenvalue weighted by atomic mass is 10.2. The van der Waals surface area contributed by atoms with Crippen molar-refractivity contribution < 1.29 is 13.2 Å². The minimum atomic E-state index is -3.58. The maximum Gasteiger partial charge on any atom is 0.256 e. The van der Waals surface area contributed by atoms with Gasteiger partial charge in [-0.15, -0.1) is 0 Å². The minimum Gasteiger partial charge on any atom is -0.322 e. The highest BCUT2D eigenvalue weighted by Crippen LogP contribution is 2.26. The second-order valence-corrected chi connectivity index (χ2v) is 9.22. The highest BCUT2D eigenvalue weighted by molar-refractivity contribution is 9.10. The number of halogens is 1. The van der Waals surface area contributed by atoms with E-state index in [4.69, 9.17) is 0 Å². The molecular formula is C19H21BrN2O3S. The molecule has 1 amide bonds. The van der Waals surface area contributed by atoms with E-state index in [1.54, 1.807) is 6.07 Å². The van der Waals surface area contributed by atoms with Gasteiger partial charge in [-0.25, -0.2) is 8.42 Å². The van der Waals surface area contributed by atoms with Crippen molar-refractivity contribution >= 4 is 37.5 Å². The number of rotatable bonds is 4. The Morgan fingerprint density at radius 2 is 1.69 bits per heavy atom. The number of carbonyl (C=O) groups excluding carboxylic acids is 1. The highest BCUT2D eigenvalue weighted by atomic mass is 79.9. The van der Waals surface area contributed by atoms with Gasteiger partial charge in [0.05, 0.1) is 10.5 Å². The Bertz CT molecular complexity index is 905. The van der Waals surface area contributed by atoms with Crippen LogP contribution in [0.5, 0.6) is 0 Å². The molecule has 0 spiro atoms. The summed E-state index contributed by atoms with van der Waals surface area (Å²) in [6.45, 7) is 3.03. The van der Waals surface area contributed by atoms with Crippen LogP contribution >= 0.6 is 15.9 Å². The first-order valence-electron chi connectivity index (χ1n) is 8.55. The van der Waals surface area contributed by atoms with Crippen LogP contribution in [0.2, 0.25) is 0 Å². The van der Waals surface area contributed by atoms with Crippen molar-refractivity contribution in [2.24, 2.45) is 0 Å². The molecule has 138 valence electrons. The standard InChI is InChI=1S/C19H21BrN2O3S/c1-14-5-7-15(8-6-14)21-19(23)17-13-16(9-10-18(17)20)26(24,25)22-11-3-2-4-12-22/h5-10,13H,2-4,11-12H2,1H3,(H,21,23). The van der Waals surface area contributed by atoms with Crippen LogP contribution in [-0.2, 0) is 10.0 Å². The maximum absolute atomic E-state index is 12.8. The van der Waals surface area contributed by atoms with Crippen LogP contribution in [0.4, 0.5) is 5.69 Å². The van der Waals surface area contributed by atoms with E-state index in [0.717, 1.165) is 24.8 Å². The van der Waals surface area contributed by atoms with Crippen molar-refractivity contribution in [1.29, 1.82) is 0 Å². The zero-order valence-corrected chi connectivity index (χ0v) is 16.9. The van der Waals surface area contributed by atoms with E-state index in [-0.39, 0.29) is 10.8 Å². The Kier molecular flexibility index (Phi) is 5.79. The van der Waals surface area contributed by atoms with Crippen molar-refractivity contribution in [1.82, 2.24) is 4.31 Å². The zero-order valence-electron chi connectivity index (χ0n) is 14.5. The lowest BCUT2D eigenvalue weighted by Crippen LogP contribution is -2.35. The summed E-state index contributed by atoms with van der Waals surface area (Å²) >= 11 is 3.35. The van der Waals surface area contributed by atoms with Crippen LogP contribution in [-0.4, -0.2) is 31.7 Å². The van der Waals surface area contributed by atoms with Gasteiger partial charge >= 0.3 is 0 Å². The normalized spacial score (nSPS) is 15.6. The summed E-state index contributed by atoms with van der Waals surface area (Å²) in [5.74, 6) is -0.351. The fraction of sp³-hybridized carbons (Fsp3) is 0.316. The van der Waals surface area contributed by atoms with E-state index in [1.807, 2.05) is 31.2 Å². The summed E-state index contributed by atoms with van der Waals surface area (Å²) < 4.78 is 27.8. The number of piperidine rings is 1. The Morgan fingerprint density at radius 3 is 2.35 bits per heavy atom. The molecule has 5 nitrogen and oxygen atoms in total. The number of amides is 1. The molecule has 2 aromatic carbocycles. The molecule has 0 bridgehead atoms. The third kappa shape index (κ3) is 4.16.